The maximum Gasteiger partial charge on any atom is 0.250 e. The molecule has 13 nitrogen and oxygen atoms in total. The molecule has 1 aromatic rings. The first-order valence-corrected chi connectivity index (χ1v) is 16.5. The van der Waals surface area contributed by atoms with Crippen LogP contribution in [0.4, 0.5) is 5.69 Å². The van der Waals surface area contributed by atoms with Gasteiger partial charge in [-0.2, -0.15) is 4.31 Å². The van der Waals surface area contributed by atoms with E-state index in [1.807, 2.05) is 0 Å². The van der Waals surface area contributed by atoms with Crippen molar-refractivity contribution in [3.63, 3.8) is 0 Å². The smallest absolute Gasteiger partial charge is 0.250 e. The molecule has 2 bridgehead atoms. The molecule has 42 heavy (non-hydrogen) atoms. The molecule has 2 unspecified atom stereocenters. The number of sulfonamides is 1. The summed E-state index contributed by atoms with van der Waals surface area (Å²) in [6, 6.07) is 2.85. The van der Waals surface area contributed by atoms with E-state index in [1.165, 1.54) is 0 Å². The van der Waals surface area contributed by atoms with Gasteiger partial charge in [0.25, 0.3) is 0 Å². The molecule has 1 aromatic carbocycles. The number of nitrogens with one attached hydrogen (secondary N) is 1. The number of halogens is 1. The zero-order valence-corrected chi connectivity index (χ0v) is 25.0. The van der Waals surface area contributed by atoms with Crippen molar-refractivity contribution < 1.29 is 22.8 Å². The minimum Gasteiger partial charge on any atom is -0.366 e. The van der Waals surface area contributed by atoms with Crippen molar-refractivity contribution in [2.75, 3.05) is 43.4 Å². The maximum atomic E-state index is 13.7. The Hall–Kier alpha value is -2.90. The molecule has 0 spiro atoms. The molecule has 0 radical (unpaired) electrons. The summed E-state index contributed by atoms with van der Waals surface area (Å²) in [4.78, 5) is 42.9. The standard InChI is InChI=1S/C27H37ClN8O5S/c28-23-14-24-18(10-22(23)27(29)39)11-26(38)35(24)21-12-19-2-3-20(13-21)36(19)42(40,41)16-17-4-8-34(9-5-17)7-1-6-31-25(37)15-32-33-30/h10,14,17,19-21H,1-9,11-13,15-16H2,(H2,29,39)(H,31,37). The number of azide groups is 1. The molecule has 3 saturated heterocycles. The van der Waals surface area contributed by atoms with E-state index in [0.717, 1.165) is 57.3 Å². The highest BCUT2D eigenvalue weighted by molar-refractivity contribution is 7.89. The van der Waals surface area contributed by atoms with Crippen LogP contribution >= 0.6 is 11.6 Å². The van der Waals surface area contributed by atoms with E-state index in [2.05, 4.69) is 20.2 Å². The van der Waals surface area contributed by atoms with Gasteiger partial charge in [-0.15, -0.1) is 0 Å². The quantitative estimate of drug-likeness (QED) is 0.165. The molecule has 5 rings (SSSR count). The molecular weight excluding hydrogens is 584 g/mol. The largest absolute Gasteiger partial charge is 0.366 e. The lowest BCUT2D eigenvalue weighted by atomic mass is 9.97. The first-order valence-electron chi connectivity index (χ1n) is 14.5. The van der Waals surface area contributed by atoms with E-state index in [9.17, 15) is 22.8 Å². The maximum absolute atomic E-state index is 13.7. The molecule has 15 heteroatoms. The highest BCUT2D eigenvalue weighted by Crippen LogP contribution is 2.44. The lowest BCUT2D eigenvalue weighted by molar-refractivity contribution is -0.120. The van der Waals surface area contributed by atoms with Gasteiger partial charge in [-0.1, -0.05) is 16.7 Å². The third-order valence-corrected chi connectivity index (χ3v) is 11.5. The van der Waals surface area contributed by atoms with Crippen molar-refractivity contribution in [3.8, 4) is 0 Å². The number of likely N-dealkylation sites (tertiary alicyclic amines) is 1. The number of carbonyl (C=O) groups is 3. The third kappa shape index (κ3) is 6.52. The second-order valence-electron chi connectivity index (χ2n) is 11.8. The van der Waals surface area contributed by atoms with E-state index in [4.69, 9.17) is 22.9 Å². The van der Waals surface area contributed by atoms with Crippen LogP contribution in [0.5, 0.6) is 0 Å². The van der Waals surface area contributed by atoms with Crippen LogP contribution in [0, 0.1) is 5.92 Å². The summed E-state index contributed by atoms with van der Waals surface area (Å²) >= 11 is 6.31. The summed E-state index contributed by atoms with van der Waals surface area (Å²) in [5.41, 5.74) is 15.3. The molecule has 3 fully saturated rings. The summed E-state index contributed by atoms with van der Waals surface area (Å²) in [5.74, 6) is -0.757. The van der Waals surface area contributed by atoms with Crippen LogP contribution in [0.2, 0.25) is 5.02 Å². The van der Waals surface area contributed by atoms with E-state index < -0.39 is 15.9 Å². The zero-order valence-electron chi connectivity index (χ0n) is 23.5. The van der Waals surface area contributed by atoms with Crippen molar-refractivity contribution in [3.05, 3.63) is 38.7 Å². The van der Waals surface area contributed by atoms with Gasteiger partial charge in [0.05, 0.1) is 22.8 Å². The highest BCUT2D eigenvalue weighted by atomic mass is 35.5. The number of nitrogens with zero attached hydrogens (tertiary/aromatic N) is 6. The van der Waals surface area contributed by atoms with E-state index in [1.54, 1.807) is 21.3 Å². The molecule has 4 aliphatic heterocycles. The van der Waals surface area contributed by atoms with Crippen LogP contribution in [-0.4, -0.2) is 91.9 Å². The Balaban J connectivity index is 1.13. The van der Waals surface area contributed by atoms with E-state index in [-0.39, 0.29) is 65.2 Å². The van der Waals surface area contributed by atoms with Crippen molar-refractivity contribution in [1.82, 2.24) is 14.5 Å². The zero-order chi connectivity index (χ0) is 30.0. The Morgan fingerprint density at radius 2 is 1.81 bits per heavy atom. The van der Waals surface area contributed by atoms with E-state index >= 15 is 0 Å². The van der Waals surface area contributed by atoms with Gasteiger partial charge < -0.3 is 20.9 Å². The molecule has 228 valence electrons. The lowest BCUT2D eigenvalue weighted by Crippen LogP contribution is -2.54. The Morgan fingerprint density at radius 3 is 2.45 bits per heavy atom. The molecule has 0 aromatic heterocycles. The fraction of sp³-hybridized carbons (Fsp3) is 0.667. The number of hydrogen-bond acceptors (Lipinski definition) is 7. The van der Waals surface area contributed by atoms with Gasteiger partial charge in [-0.05, 0) is 93.7 Å². The summed E-state index contributed by atoms with van der Waals surface area (Å²) < 4.78 is 29.1. The van der Waals surface area contributed by atoms with Gasteiger partial charge in [0.15, 0.2) is 0 Å². The fourth-order valence-electron chi connectivity index (χ4n) is 7.16. The third-order valence-electron chi connectivity index (χ3n) is 9.04. The van der Waals surface area contributed by atoms with Crippen molar-refractivity contribution in [1.29, 1.82) is 0 Å². The average molecular weight is 621 g/mol. The van der Waals surface area contributed by atoms with Crippen LogP contribution in [0.15, 0.2) is 17.2 Å². The van der Waals surface area contributed by atoms with Crippen molar-refractivity contribution in [2.45, 2.75) is 69.5 Å². The van der Waals surface area contributed by atoms with Crippen LogP contribution in [0.1, 0.15) is 60.9 Å². The second kappa shape index (κ2) is 12.8. The molecule has 3 amide bonds. The molecular formula is C27H37ClN8O5S. The summed E-state index contributed by atoms with van der Waals surface area (Å²) in [5, 5.41) is 6.18. The van der Waals surface area contributed by atoms with Crippen LogP contribution in [0.3, 0.4) is 0 Å². The van der Waals surface area contributed by atoms with Crippen molar-refractivity contribution in [2.24, 2.45) is 16.8 Å². The van der Waals surface area contributed by atoms with E-state index in [0.29, 0.717) is 25.1 Å². The second-order valence-corrected chi connectivity index (χ2v) is 14.1. The van der Waals surface area contributed by atoms with Crippen LogP contribution in [-0.2, 0) is 26.0 Å². The number of benzene rings is 1. The van der Waals surface area contributed by atoms with Crippen LogP contribution in [0.25, 0.3) is 10.4 Å². The lowest BCUT2D eigenvalue weighted by Gasteiger charge is -2.42. The van der Waals surface area contributed by atoms with Gasteiger partial charge in [0.2, 0.25) is 27.7 Å². The summed E-state index contributed by atoms with van der Waals surface area (Å²) in [6.45, 7) is 2.75. The van der Waals surface area contributed by atoms with Gasteiger partial charge in [0, 0.05) is 35.3 Å². The molecule has 4 heterocycles. The minimum atomic E-state index is -3.46. The number of primary amides is 1. The SMILES string of the molecule is [N-]=[N+]=NCC(=O)NCCCN1CCC(CS(=O)(=O)N2C3CCC2CC(N2C(=O)Cc4cc(C(N)=O)c(Cl)cc42)C3)CC1. The summed E-state index contributed by atoms with van der Waals surface area (Å²) in [7, 11) is -3.46. The van der Waals surface area contributed by atoms with Crippen molar-refractivity contribution >= 4 is 45.0 Å². The first kappa shape index (κ1) is 30.6. The van der Waals surface area contributed by atoms with Crippen LogP contribution < -0.4 is 16.0 Å². The Kier molecular flexibility index (Phi) is 9.28. The normalized spacial score (nSPS) is 24.8. The Labute approximate surface area is 250 Å². The molecule has 3 N–H and O–H groups in total. The van der Waals surface area contributed by atoms with Gasteiger partial charge >= 0.3 is 0 Å². The predicted molar refractivity (Wildman–Crippen MR) is 157 cm³/mol. The molecule has 4 aliphatic rings. The number of anilines is 1. The molecule has 0 aliphatic carbocycles. The monoisotopic (exact) mass is 620 g/mol. The number of hydrogen-bond donors (Lipinski definition) is 2. The highest BCUT2D eigenvalue weighted by Gasteiger charge is 2.50. The first-order chi connectivity index (χ1) is 20.1. The Bertz CT molecular complexity index is 1380. The van der Waals surface area contributed by atoms with Gasteiger partial charge in [0.1, 0.15) is 6.54 Å². The number of fused-ring (bicyclic) bond motifs is 3. The number of piperidine rings is 2. The van der Waals surface area contributed by atoms with Gasteiger partial charge in [-0.3, -0.25) is 14.4 Å². The number of rotatable bonds is 11. The number of nitrogens with two attached hydrogens (primary N) is 1. The predicted octanol–water partition coefficient (Wildman–Crippen LogP) is 2.18. The molecule has 0 saturated carbocycles. The molecule has 2 atom stereocenters. The summed E-state index contributed by atoms with van der Waals surface area (Å²) in [6.07, 6.45) is 5.28. The van der Waals surface area contributed by atoms with Gasteiger partial charge in [-0.25, -0.2) is 8.42 Å². The number of amides is 3. The topological polar surface area (TPSA) is 182 Å². The average Bonchev–Trinajstić information content (AvgIpc) is 3.42. The fourth-order valence-corrected chi connectivity index (χ4v) is 9.80. The number of carbonyl (C=O) groups excluding carboxylic acids is 3. The Morgan fingerprint density at radius 1 is 1.12 bits per heavy atom. The minimum absolute atomic E-state index is 0.0642.